The van der Waals surface area contributed by atoms with Gasteiger partial charge in [0.25, 0.3) is 0 Å². The normalized spacial score (nSPS) is 32.4. The van der Waals surface area contributed by atoms with E-state index in [1.54, 1.807) is 52.4 Å². The molecule has 2 fully saturated rings. The maximum absolute atomic E-state index is 12.6. The number of carbonyl (C=O) groups excluding carboxylic acids is 4. The zero-order valence-corrected chi connectivity index (χ0v) is 65.8. The summed E-state index contributed by atoms with van der Waals surface area (Å²) in [6.07, 6.45) is 19.1. The molecular weight excluding hydrogens is 1420 g/mol. The number of esters is 4. The van der Waals surface area contributed by atoms with E-state index in [-0.39, 0.29) is 105 Å². The Balaban J connectivity index is 0.000000496. The molecule has 4 aliphatic heterocycles. The van der Waals surface area contributed by atoms with Gasteiger partial charge in [0.05, 0.1) is 43.4 Å². The van der Waals surface area contributed by atoms with Crippen LogP contribution in [-0.2, 0) is 57.1 Å². The van der Waals surface area contributed by atoms with Crippen molar-refractivity contribution >= 4 is 64.8 Å². The van der Waals surface area contributed by atoms with Crippen molar-refractivity contribution in [3.05, 3.63) is 67.9 Å². The zero-order chi connectivity index (χ0) is 71.3. The number of hydrogen-bond acceptors (Lipinski definition) is 18. The summed E-state index contributed by atoms with van der Waals surface area (Å²) < 4.78 is 53.7. The van der Waals surface area contributed by atoms with Crippen molar-refractivity contribution in [2.24, 2.45) is 35.5 Å². The molecule has 4 heterocycles. The van der Waals surface area contributed by atoms with E-state index in [0.717, 1.165) is 24.0 Å². The number of rotatable bonds is 29. The van der Waals surface area contributed by atoms with E-state index in [1.165, 1.54) is 65.7 Å². The van der Waals surface area contributed by atoms with Crippen molar-refractivity contribution in [3.63, 3.8) is 0 Å². The van der Waals surface area contributed by atoms with Gasteiger partial charge in [0.2, 0.25) is 0 Å². The number of allylic oxidation sites excluding steroid dienone is 2. The molecule has 0 aliphatic carbocycles. The van der Waals surface area contributed by atoms with Crippen LogP contribution in [0.15, 0.2) is 67.9 Å². The number of epoxide rings is 2. The SMILES string of the molecule is CC(=O)O[C@H]1/C=C/[C@H](C)[C@@H](/C(C)=C/I)OC(=O)C[C@@H](O)CC[C@@]1(C)O.CCC[CH2][Sn](/[CH]=C/[C@@H](C)[C@H](O)[C@H]1O[C@@H]1[C@H](C)[C@H](CC)OC)([CH2]CCC)[CH2]CCC.CC[C@H](OC)[C@@H](C)[C@H]1O[C@@H]1[C@@H](O)[C@H](C)/C=C/C=C(\C)[C@H]1OC(=O)C[C@@H](O)CC[C@@](C)(O)[C@@H](OC(C)=O)/C=C/[C@@H]1C. The number of unbranched alkanes of at least 4 members (excludes halogenated alkanes) is 3. The van der Waals surface area contributed by atoms with Crippen molar-refractivity contribution in [1.29, 1.82) is 0 Å². The molecule has 542 valence electrons. The average molecular weight is 1550 g/mol. The van der Waals surface area contributed by atoms with E-state index < -0.39 is 102 Å². The fourth-order valence-electron chi connectivity index (χ4n) is 12.8. The molecule has 0 radical (unpaired) electrons. The molecule has 22 atom stereocenters. The topological polar surface area (TPSA) is 270 Å². The Morgan fingerprint density at radius 2 is 1.00 bits per heavy atom. The molecule has 0 aromatic rings. The first-order valence-electron chi connectivity index (χ1n) is 35.1. The number of methoxy groups -OCH3 is 2. The molecule has 0 aromatic heterocycles. The summed E-state index contributed by atoms with van der Waals surface area (Å²) in [5, 5.41) is 63.8. The van der Waals surface area contributed by atoms with Crippen LogP contribution in [0, 0.1) is 35.5 Å². The van der Waals surface area contributed by atoms with Gasteiger partial charge in [-0.25, -0.2) is 0 Å². The van der Waals surface area contributed by atoms with Crippen molar-refractivity contribution < 1.29 is 87.7 Å². The van der Waals surface area contributed by atoms with Crippen LogP contribution in [0.25, 0.3) is 0 Å². The molecule has 0 unspecified atom stereocenters. The molecule has 0 spiro atoms. The van der Waals surface area contributed by atoms with Gasteiger partial charge in [-0.2, -0.15) is 0 Å². The van der Waals surface area contributed by atoms with Gasteiger partial charge < -0.3 is 54.0 Å². The van der Waals surface area contributed by atoms with Crippen LogP contribution in [0.3, 0.4) is 0 Å². The predicted octanol–water partition coefficient (Wildman–Crippen LogP) is 13.1. The second-order valence-corrected chi connectivity index (χ2v) is 41.6. The van der Waals surface area contributed by atoms with Crippen LogP contribution in [0.4, 0.5) is 0 Å². The van der Waals surface area contributed by atoms with E-state index in [4.69, 9.17) is 37.9 Å². The fourth-order valence-corrected chi connectivity index (χ4v) is 27.8. The van der Waals surface area contributed by atoms with Gasteiger partial charge in [-0.05, 0) is 87.2 Å². The third-order valence-electron chi connectivity index (χ3n) is 19.4. The number of ether oxygens (including phenoxy) is 8. The number of cyclic esters (lactones) is 2. The molecule has 94 heavy (non-hydrogen) atoms. The summed E-state index contributed by atoms with van der Waals surface area (Å²) >= 11 is -0.195. The molecule has 18 nitrogen and oxygen atoms in total. The number of hydrogen-bond donors (Lipinski definition) is 6. The van der Waals surface area contributed by atoms with Gasteiger partial charge in [-0.15, -0.1) is 0 Å². The Hall–Kier alpha value is -2.55. The van der Waals surface area contributed by atoms with E-state index in [9.17, 15) is 49.8 Å². The third-order valence-corrected chi connectivity index (χ3v) is 34.5. The molecule has 20 heteroatoms. The van der Waals surface area contributed by atoms with E-state index in [1.807, 2.05) is 56.9 Å². The van der Waals surface area contributed by atoms with Crippen molar-refractivity contribution in [3.8, 4) is 0 Å². The quantitative estimate of drug-likeness (QED) is 0.00773. The van der Waals surface area contributed by atoms with Crippen molar-refractivity contribution in [2.45, 2.75) is 318 Å². The second-order valence-electron chi connectivity index (χ2n) is 28.0. The predicted molar refractivity (Wildman–Crippen MR) is 381 cm³/mol. The first kappa shape index (κ1) is 87.5. The molecule has 0 bridgehead atoms. The standard InChI is InChI=1S/C31H50O9.C18H27IO6.C13H23O3.3C4H9.Sn/c1-9-24(37-8)21(5)29-30(40-29)27(35)18(2)11-10-12-19(3)28-20(4)13-14-25(38-22(6)32)31(7,36)16-15-23(33)17-26(34)39-28;1-11-5-6-15(24-13(3)20)18(4,23)8-7-14(21)9-16(22)25-17(11)12(2)10-19;1-6-8(3)11(14)13-12(16-13)9(4)10(7-2)15-5;3*1-3-4-2;/h10-14,18,20-21,23-25,27-30,33,35-36H,9,15-17H2,1-8H3;5-6,10-11,14-15,17,21,23H,7-9H2,1-4H3;1,6,8-14H,7H2,2-5H3;3*1,3-4H2,2H3;/b11-10+,14-13+,19-12+;6-5+,12-10+;;;;;/t18-,20+,21-,23+,24+,25+,27+,28-,29-,30-,31-;11-,14-,15-,17-,18+;8-,9-,10+,11+,12-,13-;;;;/m101..../s1. The van der Waals surface area contributed by atoms with Crippen LogP contribution >= 0.6 is 22.6 Å². The van der Waals surface area contributed by atoms with Gasteiger partial charge in [0.15, 0.2) is 0 Å². The Kier molecular flexibility index (Phi) is 40.8. The van der Waals surface area contributed by atoms with Crippen LogP contribution in [0.1, 0.15) is 208 Å². The molecule has 0 saturated carbocycles. The molecule has 0 aromatic carbocycles. The van der Waals surface area contributed by atoms with Gasteiger partial charge in [-0.1, -0.05) is 87.6 Å². The average Bonchev–Trinajstić information content (AvgIpc) is 1.64. The first-order chi connectivity index (χ1) is 44.2. The van der Waals surface area contributed by atoms with Crippen LogP contribution in [0.2, 0.25) is 13.3 Å². The monoisotopic (exact) mass is 1550 g/mol. The maximum atomic E-state index is 12.6. The van der Waals surface area contributed by atoms with Gasteiger partial charge >= 0.3 is 210 Å². The molecule has 0 amide bonds. The Bertz CT molecular complexity index is 2390. The smallest absolute Gasteiger partial charge is 0.309 e. The third kappa shape index (κ3) is 30.1. The van der Waals surface area contributed by atoms with E-state index in [2.05, 4.69) is 88.1 Å². The molecule has 4 aliphatic rings. The summed E-state index contributed by atoms with van der Waals surface area (Å²) in [5.74, 6) is -2.06. The Labute approximate surface area is 583 Å². The maximum Gasteiger partial charge on any atom is 0.309 e. The van der Waals surface area contributed by atoms with E-state index in [0.29, 0.717) is 5.92 Å². The van der Waals surface area contributed by atoms with Crippen molar-refractivity contribution in [2.75, 3.05) is 14.2 Å². The van der Waals surface area contributed by atoms with Gasteiger partial charge in [0.1, 0.15) is 41.7 Å². The first-order valence-corrected chi connectivity index (χ1v) is 44.1. The van der Waals surface area contributed by atoms with Crippen LogP contribution in [0.5, 0.6) is 0 Å². The Morgan fingerprint density at radius 1 is 0.628 bits per heavy atom. The minimum atomic E-state index is -2.27. The molecule has 2 saturated heterocycles. The fraction of sp³-hybridized carbons (Fsp3) is 0.784. The van der Waals surface area contributed by atoms with Crippen LogP contribution < -0.4 is 0 Å². The second kappa shape index (κ2) is 43.9. The van der Waals surface area contributed by atoms with Gasteiger partial charge in [-0.3, -0.25) is 19.2 Å². The summed E-state index contributed by atoms with van der Waals surface area (Å²) in [6, 6.07) is 0. The summed E-state index contributed by atoms with van der Waals surface area (Å²) in [7, 11) is 3.47. The molecule has 4 rings (SSSR count). The van der Waals surface area contributed by atoms with Gasteiger partial charge in [0, 0.05) is 44.6 Å². The molecular formula is C74H127IO18Sn. The number of aliphatic hydroxyl groups is 6. The number of aliphatic hydroxyl groups excluding tert-OH is 4. The van der Waals surface area contributed by atoms with E-state index >= 15 is 0 Å². The van der Waals surface area contributed by atoms with Crippen LogP contribution in [-0.4, -0.2) is 184 Å². The minimum absolute atomic E-state index is 0.0274. The zero-order valence-electron chi connectivity index (χ0n) is 60.8. The summed E-state index contributed by atoms with van der Waals surface area (Å²) in [5.41, 5.74) is -1.15. The van der Waals surface area contributed by atoms with Crippen molar-refractivity contribution in [1.82, 2.24) is 0 Å². The Morgan fingerprint density at radius 3 is 1.34 bits per heavy atom. The molecule has 6 N–H and O–H groups in total. The summed E-state index contributed by atoms with van der Waals surface area (Å²) in [6.45, 7) is 32.6. The summed E-state index contributed by atoms with van der Waals surface area (Å²) in [4.78, 5) is 47.8. The number of halogens is 1. The minimum Gasteiger partial charge on any atom is -0.457 e. The number of carbonyl (C=O) groups is 4. The largest absolute Gasteiger partial charge is 0.457 e.